The number of rotatable bonds is 1. The van der Waals surface area contributed by atoms with E-state index in [1.165, 1.54) is 5.69 Å². The van der Waals surface area contributed by atoms with Crippen molar-refractivity contribution in [3.05, 3.63) is 29.2 Å². The van der Waals surface area contributed by atoms with Crippen molar-refractivity contribution in [2.45, 2.75) is 37.8 Å². The molecule has 3 heterocycles. The van der Waals surface area contributed by atoms with E-state index >= 15 is 0 Å². The Kier molecular flexibility index (Phi) is 3.71. The molecule has 23 heavy (non-hydrogen) atoms. The van der Waals surface area contributed by atoms with Crippen LogP contribution in [0.1, 0.15) is 24.6 Å². The second-order valence-electron chi connectivity index (χ2n) is 5.92. The molecule has 0 aliphatic carbocycles. The minimum absolute atomic E-state index is 0.188. The fraction of sp³-hybridized carbons (Fsp3) is 0.471. The smallest absolute Gasteiger partial charge is 0.410 e. The standard InChI is InChI=1S/C17H19FN2O2S/c1-2-22-17(21)19-8-6-13-11(10-19)15-12(18)4-5-14-16(15)20(13)7-3-9-23-14/h4-5H,2-3,6-10H2,1H3. The predicted molar refractivity (Wildman–Crippen MR) is 88.4 cm³/mol. The summed E-state index contributed by atoms with van der Waals surface area (Å²) in [5.74, 6) is 0.874. The number of ether oxygens (including phenoxy) is 1. The van der Waals surface area contributed by atoms with Gasteiger partial charge in [0.2, 0.25) is 0 Å². The number of halogens is 1. The highest BCUT2D eigenvalue weighted by molar-refractivity contribution is 7.99. The van der Waals surface area contributed by atoms with E-state index in [1.807, 2.05) is 6.07 Å². The summed E-state index contributed by atoms with van der Waals surface area (Å²) in [4.78, 5) is 14.9. The molecule has 0 bridgehead atoms. The summed E-state index contributed by atoms with van der Waals surface area (Å²) >= 11 is 1.80. The quantitative estimate of drug-likeness (QED) is 0.796. The van der Waals surface area contributed by atoms with Crippen LogP contribution in [0.15, 0.2) is 17.0 Å². The molecule has 1 aromatic carbocycles. The summed E-state index contributed by atoms with van der Waals surface area (Å²) in [5.41, 5.74) is 3.17. The van der Waals surface area contributed by atoms with E-state index in [0.717, 1.165) is 41.1 Å². The molecule has 122 valence electrons. The van der Waals surface area contributed by atoms with Crippen molar-refractivity contribution < 1.29 is 13.9 Å². The van der Waals surface area contributed by atoms with Crippen LogP contribution in [-0.2, 0) is 24.2 Å². The van der Waals surface area contributed by atoms with Crippen LogP contribution < -0.4 is 0 Å². The van der Waals surface area contributed by atoms with E-state index in [-0.39, 0.29) is 11.9 Å². The second kappa shape index (κ2) is 5.74. The lowest BCUT2D eigenvalue weighted by Crippen LogP contribution is -2.36. The molecule has 4 nitrogen and oxygen atoms in total. The zero-order valence-electron chi connectivity index (χ0n) is 13.1. The molecule has 0 atom stereocenters. The first-order chi connectivity index (χ1) is 11.2. The third-order valence-electron chi connectivity index (χ3n) is 4.61. The number of fused-ring (bicyclic) bond motifs is 3. The molecular weight excluding hydrogens is 315 g/mol. The van der Waals surface area contributed by atoms with E-state index < -0.39 is 0 Å². The number of thioether (sulfide) groups is 1. The first-order valence-electron chi connectivity index (χ1n) is 8.07. The Morgan fingerprint density at radius 2 is 2.26 bits per heavy atom. The lowest BCUT2D eigenvalue weighted by Gasteiger charge is -2.27. The van der Waals surface area contributed by atoms with Gasteiger partial charge in [-0.25, -0.2) is 9.18 Å². The summed E-state index contributed by atoms with van der Waals surface area (Å²) in [7, 11) is 0. The van der Waals surface area contributed by atoms with E-state index in [9.17, 15) is 9.18 Å². The van der Waals surface area contributed by atoms with Gasteiger partial charge >= 0.3 is 6.09 Å². The van der Waals surface area contributed by atoms with Gasteiger partial charge in [-0.05, 0) is 31.2 Å². The third-order valence-corrected chi connectivity index (χ3v) is 5.75. The Balaban J connectivity index is 1.86. The monoisotopic (exact) mass is 334 g/mol. The Hall–Kier alpha value is -1.69. The molecule has 0 radical (unpaired) electrons. The number of aryl methyl sites for hydroxylation is 1. The summed E-state index contributed by atoms with van der Waals surface area (Å²) in [5, 5.41) is 0.695. The van der Waals surface area contributed by atoms with E-state index in [0.29, 0.717) is 25.1 Å². The zero-order chi connectivity index (χ0) is 16.0. The SMILES string of the molecule is CCOC(=O)N1CCc2c(c3c(F)ccc4c3n2CCCS4)C1. The summed E-state index contributed by atoms with van der Waals surface area (Å²) < 4.78 is 22.0. The molecule has 2 aliphatic heterocycles. The van der Waals surface area contributed by atoms with Crippen LogP contribution >= 0.6 is 11.8 Å². The molecule has 1 aromatic heterocycles. The Morgan fingerprint density at radius 3 is 3.09 bits per heavy atom. The minimum atomic E-state index is -0.308. The number of hydrogen-bond acceptors (Lipinski definition) is 3. The van der Waals surface area contributed by atoms with Crippen molar-refractivity contribution in [1.29, 1.82) is 0 Å². The van der Waals surface area contributed by atoms with Crippen LogP contribution in [0.25, 0.3) is 10.9 Å². The van der Waals surface area contributed by atoms with Gasteiger partial charge in [-0.15, -0.1) is 11.8 Å². The molecule has 0 saturated carbocycles. The molecule has 0 unspecified atom stereocenters. The van der Waals surface area contributed by atoms with Crippen LogP contribution in [0.3, 0.4) is 0 Å². The molecule has 6 heteroatoms. The Labute approximate surface area is 138 Å². The molecule has 0 saturated heterocycles. The number of benzene rings is 1. The average molecular weight is 334 g/mol. The van der Waals surface area contributed by atoms with Crippen LogP contribution in [0, 0.1) is 5.82 Å². The molecular formula is C17H19FN2O2S. The largest absolute Gasteiger partial charge is 0.450 e. The summed E-state index contributed by atoms with van der Waals surface area (Å²) in [6.07, 6.45) is 1.53. The number of amides is 1. The summed E-state index contributed by atoms with van der Waals surface area (Å²) in [6.45, 7) is 4.15. The van der Waals surface area contributed by atoms with Gasteiger partial charge in [0.25, 0.3) is 0 Å². The fourth-order valence-corrected chi connectivity index (χ4v) is 4.66. The van der Waals surface area contributed by atoms with Crippen LogP contribution in [0.4, 0.5) is 9.18 Å². The average Bonchev–Trinajstić information content (AvgIpc) is 2.73. The zero-order valence-corrected chi connectivity index (χ0v) is 13.9. The van der Waals surface area contributed by atoms with Crippen LogP contribution in [0.2, 0.25) is 0 Å². The van der Waals surface area contributed by atoms with Gasteiger partial charge in [-0.2, -0.15) is 0 Å². The number of aromatic nitrogens is 1. The molecule has 0 fully saturated rings. The Morgan fingerprint density at radius 1 is 1.39 bits per heavy atom. The van der Waals surface area contributed by atoms with Crippen molar-refractivity contribution in [2.24, 2.45) is 0 Å². The second-order valence-corrected chi connectivity index (χ2v) is 7.06. The van der Waals surface area contributed by atoms with E-state index in [4.69, 9.17) is 4.74 Å². The van der Waals surface area contributed by atoms with Gasteiger partial charge in [-0.3, -0.25) is 0 Å². The maximum absolute atomic E-state index is 14.6. The molecule has 1 amide bonds. The summed E-state index contributed by atoms with van der Waals surface area (Å²) in [6, 6.07) is 3.45. The van der Waals surface area contributed by atoms with Crippen molar-refractivity contribution in [1.82, 2.24) is 9.47 Å². The number of hydrogen-bond donors (Lipinski definition) is 0. The van der Waals surface area contributed by atoms with Gasteiger partial charge in [0.1, 0.15) is 5.82 Å². The minimum Gasteiger partial charge on any atom is -0.450 e. The molecule has 2 aromatic rings. The van der Waals surface area contributed by atoms with Gasteiger partial charge in [0.15, 0.2) is 0 Å². The first-order valence-corrected chi connectivity index (χ1v) is 9.06. The lowest BCUT2D eigenvalue weighted by atomic mass is 10.0. The third kappa shape index (κ3) is 2.31. The molecule has 4 rings (SSSR count). The molecule has 2 aliphatic rings. The van der Waals surface area contributed by atoms with Crippen molar-refractivity contribution in [2.75, 3.05) is 18.9 Å². The lowest BCUT2D eigenvalue weighted by molar-refractivity contribution is 0.102. The normalized spacial score (nSPS) is 17.0. The van der Waals surface area contributed by atoms with Gasteiger partial charge < -0.3 is 14.2 Å². The number of carbonyl (C=O) groups is 1. The van der Waals surface area contributed by atoms with Gasteiger partial charge in [0.05, 0.1) is 18.7 Å². The van der Waals surface area contributed by atoms with Gasteiger partial charge in [0, 0.05) is 41.0 Å². The highest BCUT2D eigenvalue weighted by atomic mass is 32.2. The number of carbonyl (C=O) groups excluding carboxylic acids is 1. The maximum atomic E-state index is 14.6. The van der Waals surface area contributed by atoms with Gasteiger partial charge in [-0.1, -0.05) is 0 Å². The Bertz CT molecular complexity index is 787. The highest BCUT2D eigenvalue weighted by Crippen LogP contribution is 2.40. The van der Waals surface area contributed by atoms with Crippen molar-refractivity contribution in [3.63, 3.8) is 0 Å². The molecule has 0 spiro atoms. The van der Waals surface area contributed by atoms with Crippen LogP contribution in [0.5, 0.6) is 0 Å². The highest BCUT2D eigenvalue weighted by Gasteiger charge is 2.30. The predicted octanol–water partition coefficient (Wildman–Crippen LogP) is 3.79. The topological polar surface area (TPSA) is 34.5 Å². The maximum Gasteiger partial charge on any atom is 0.410 e. The molecule has 0 N–H and O–H groups in total. The van der Waals surface area contributed by atoms with E-state index in [1.54, 1.807) is 29.7 Å². The van der Waals surface area contributed by atoms with Crippen LogP contribution in [-0.4, -0.2) is 34.5 Å². The van der Waals surface area contributed by atoms with E-state index in [2.05, 4.69) is 4.57 Å². The number of nitrogens with zero attached hydrogens (tertiary/aromatic N) is 2. The first kappa shape index (κ1) is 14.9. The van der Waals surface area contributed by atoms with Crippen molar-refractivity contribution >= 4 is 28.8 Å². The van der Waals surface area contributed by atoms with Crippen molar-refractivity contribution in [3.8, 4) is 0 Å². The fourth-order valence-electron chi connectivity index (χ4n) is 3.65.